The van der Waals surface area contributed by atoms with Gasteiger partial charge in [0.1, 0.15) is 10.5 Å². The van der Waals surface area contributed by atoms with Crippen molar-refractivity contribution in [3.63, 3.8) is 0 Å². The molecule has 0 saturated carbocycles. The van der Waals surface area contributed by atoms with Crippen LogP contribution in [0.25, 0.3) is 0 Å². The van der Waals surface area contributed by atoms with Crippen LogP contribution in [0, 0.1) is 5.92 Å². The summed E-state index contributed by atoms with van der Waals surface area (Å²) < 4.78 is 28.0. The van der Waals surface area contributed by atoms with E-state index in [2.05, 4.69) is 24.1 Å². The Balaban J connectivity index is 2.52. The number of sulfone groups is 1. The van der Waals surface area contributed by atoms with E-state index in [1.807, 2.05) is 0 Å². The number of aromatic nitrogens is 1. The molecule has 1 aromatic heterocycles. The van der Waals surface area contributed by atoms with Crippen LogP contribution in [0.15, 0.2) is 10.6 Å². The predicted octanol–water partition coefficient (Wildman–Crippen LogP) is 2.13. The summed E-state index contributed by atoms with van der Waals surface area (Å²) in [6, 6.07) is 0. The zero-order valence-electron chi connectivity index (χ0n) is 13.1. The second kappa shape index (κ2) is 6.72. The molecule has 1 aromatic rings. The molecule has 0 aliphatic rings. The molecule has 0 radical (unpaired) electrons. The van der Waals surface area contributed by atoms with Gasteiger partial charge in [-0.3, -0.25) is 0 Å². The van der Waals surface area contributed by atoms with Gasteiger partial charge in [0, 0.05) is 12.7 Å². The van der Waals surface area contributed by atoms with E-state index in [1.165, 1.54) is 12.5 Å². The molecule has 0 unspecified atom stereocenters. The largest absolute Gasteiger partial charge is 0.444 e. The zero-order valence-corrected chi connectivity index (χ0v) is 13.9. The van der Waals surface area contributed by atoms with Crippen molar-refractivity contribution in [2.45, 2.75) is 45.3 Å². The summed E-state index contributed by atoms with van der Waals surface area (Å²) in [5.41, 5.74) is 0. The maximum Gasteiger partial charge on any atom is 0.194 e. The Morgan fingerprint density at radius 3 is 2.60 bits per heavy atom. The molecule has 1 heterocycles. The Labute approximate surface area is 122 Å². The summed E-state index contributed by atoms with van der Waals surface area (Å²) in [5.74, 6) is 1.65. The van der Waals surface area contributed by atoms with Gasteiger partial charge in [-0.15, -0.1) is 0 Å². The van der Waals surface area contributed by atoms with Crippen LogP contribution in [-0.4, -0.2) is 32.7 Å². The molecule has 0 atom stereocenters. The first-order valence-electron chi connectivity index (χ1n) is 7.00. The third-order valence-electron chi connectivity index (χ3n) is 3.37. The first-order chi connectivity index (χ1) is 9.14. The van der Waals surface area contributed by atoms with E-state index in [-0.39, 0.29) is 0 Å². The number of rotatable bonds is 8. The molecule has 6 heteroatoms. The minimum Gasteiger partial charge on any atom is -0.444 e. The van der Waals surface area contributed by atoms with Crippen LogP contribution in [0.1, 0.15) is 45.8 Å². The Hall–Kier alpha value is -0.880. The van der Waals surface area contributed by atoms with Gasteiger partial charge >= 0.3 is 0 Å². The minimum absolute atomic E-state index is 0.408. The molecular formula is C14H26N2O3S. The summed E-state index contributed by atoms with van der Waals surface area (Å²) in [4.78, 5) is 4.17. The van der Waals surface area contributed by atoms with Crippen molar-refractivity contribution >= 4 is 9.84 Å². The van der Waals surface area contributed by atoms with E-state index in [1.54, 1.807) is 13.8 Å². The van der Waals surface area contributed by atoms with Gasteiger partial charge in [0.25, 0.3) is 0 Å². The smallest absolute Gasteiger partial charge is 0.194 e. The molecule has 0 spiro atoms. The van der Waals surface area contributed by atoms with Gasteiger partial charge in [-0.1, -0.05) is 13.8 Å². The van der Waals surface area contributed by atoms with Crippen LogP contribution in [0.5, 0.6) is 0 Å². The summed E-state index contributed by atoms with van der Waals surface area (Å²) in [7, 11) is -3.23. The third kappa shape index (κ3) is 4.59. The highest BCUT2D eigenvalue weighted by Gasteiger charge is 2.36. The quantitative estimate of drug-likeness (QED) is 0.745. The molecule has 0 aliphatic carbocycles. The van der Waals surface area contributed by atoms with Gasteiger partial charge in [-0.05, 0) is 39.3 Å². The fourth-order valence-corrected chi connectivity index (χ4v) is 2.10. The highest BCUT2D eigenvalue weighted by molar-refractivity contribution is 7.91. The van der Waals surface area contributed by atoms with Crippen LogP contribution < -0.4 is 5.32 Å². The Morgan fingerprint density at radius 2 is 2.05 bits per heavy atom. The van der Waals surface area contributed by atoms with Crippen molar-refractivity contribution in [2.24, 2.45) is 5.92 Å². The molecule has 0 aromatic carbocycles. The maximum absolute atomic E-state index is 11.7. The second-order valence-corrected chi connectivity index (χ2v) is 8.67. The van der Waals surface area contributed by atoms with Crippen molar-refractivity contribution in [1.82, 2.24) is 10.3 Å². The van der Waals surface area contributed by atoms with E-state index < -0.39 is 14.6 Å². The van der Waals surface area contributed by atoms with E-state index in [9.17, 15) is 8.42 Å². The van der Waals surface area contributed by atoms with Crippen LogP contribution in [0.4, 0.5) is 0 Å². The van der Waals surface area contributed by atoms with Gasteiger partial charge in [0.2, 0.25) is 0 Å². The van der Waals surface area contributed by atoms with Crippen molar-refractivity contribution in [2.75, 3.05) is 19.3 Å². The van der Waals surface area contributed by atoms with Gasteiger partial charge in [-0.2, -0.15) is 0 Å². The summed E-state index contributed by atoms with van der Waals surface area (Å²) >= 11 is 0. The fourth-order valence-electron chi connectivity index (χ4n) is 1.64. The number of nitrogens with zero attached hydrogens (tertiary/aromatic N) is 1. The average molecular weight is 302 g/mol. The van der Waals surface area contributed by atoms with Crippen LogP contribution in [0.2, 0.25) is 0 Å². The standard InChI is InChI=1S/C14H26N2O3S/c1-11(2)9-15-8-6-7-13-16-10-12(19-13)14(3,4)20(5,17)18/h10-11,15H,6-9H2,1-5H3. The number of hydrogen-bond acceptors (Lipinski definition) is 5. The minimum atomic E-state index is -3.23. The van der Waals surface area contributed by atoms with Crippen LogP contribution in [0.3, 0.4) is 0 Å². The normalized spacial score (nSPS) is 13.1. The van der Waals surface area contributed by atoms with Gasteiger partial charge in [-0.25, -0.2) is 13.4 Å². The topological polar surface area (TPSA) is 72.2 Å². The Kier molecular flexibility index (Phi) is 5.77. The number of aryl methyl sites for hydroxylation is 1. The maximum atomic E-state index is 11.7. The molecule has 0 aliphatic heterocycles. The fraction of sp³-hybridized carbons (Fsp3) is 0.786. The van der Waals surface area contributed by atoms with Gasteiger partial charge < -0.3 is 9.73 Å². The molecule has 20 heavy (non-hydrogen) atoms. The third-order valence-corrected chi connectivity index (χ3v) is 5.43. The van der Waals surface area contributed by atoms with Gasteiger partial charge in [0.05, 0.1) is 6.20 Å². The molecule has 0 bridgehead atoms. The lowest BCUT2D eigenvalue weighted by atomic mass is 10.2. The molecule has 0 amide bonds. The summed E-state index contributed by atoms with van der Waals surface area (Å²) in [6.07, 6.45) is 4.37. The Morgan fingerprint density at radius 1 is 1.40 bits per heavy atom. The van der Waals surface area contributed by atoms with E-state index in [4.69, 9.17) is 4.42 Å². The van der Waals surface area contributed by atoms with E-state index in [0.717, 1.165) is 19.5 Å². The van der Waals surface area contributed by atoms with Crippen LogP contribution in [-0.2, 0) is 21.0 Å². The Bertz CT molecular complexity index is 518. The molecule has 1 N–H and O–H groups in total. The number of nitrogens with one attached hydrogen (secondary N) is 1. The molecule has 0 fully saturated rings. The van der Waals surface area contributed by atoms with E-state index >= 15 is 0 Å². The first kappa shape index (κ1) is 17.2. The van der Waals surface area contributed by atoms with E-state index in [0.29, 0.717) is 24.0 Å². The SMILES string of the molecule is CC(C)CNCCCc1ncc(C(C)(C)S(C)(=O)=O)o1. The molecule has 0 saturated heterocycles. The highest BCUT2D eigenvalue weighted by Crippen LogP contribution is 2.29. The van der Waals surface area contributed by atoms with Crippen molar-refractivity contribution in [3.05, 3.63) is 17.8 Å². The summed E-state index contributed by atoms with van der Waals surface area (Å²) in [6.45, 7) is 9.51. The first-order valence-corrected chi connectivity index (χ1v) is 8.89. The van der Waals surface area contributed by atoms with Crippen molar-refractivity contribution < 1.29 is 12.8 Å². The lowest BCUT2D eigenvalue weighted by molar-refractivity contribution is 0.408. The lowest BCUT2D eigenvalue weighted by Crippen LogP contribution is -2.27. The van der Waals surface area contributed by atoms with Crippen molar-refractivity contribution in [3.8, 4) is 0 Å². The zero-order chi connectivity index (χ0) is 15.4. The predicted molar refractivity (Wildman–Crippen MR) is 80.4 cm³/mol. The number of oxazole rings is 1. The molecule has 1 rings (SSSR count). The van der Waals surface area contributed by atoms with Crippen molar-refractivity contribution in [1.29, 1.82) is 0 Å². The van der Waals surface area contributed by atoms with Crippen LogP contribution >= 0.6 is 0 Å². The second-order valence-electron chi connectivity index (χ2n) is 6.10. The molecular weight excluding hydrogens is 276 g/mol. The summed E-state index contributed by atoms with van der Waals surface area (Å²) in [5, 5.41) is 3.35. The average Bonchev–Trinajstić information content (AvgIpc) is 2.75. The number of hydrogen-bond donors (Lipinski definition) is 1. The monoisotopic (exact) mass is 302 g/mol. The highest BCUT2D eigenvalue weighted by atomic mass is 32.2. The lowest BCUT2D eigenvalue weighted by Gasteiger charge is -2.18. The molecule has 5 nitrogen and oxygen atoms in total. The molecule has 116 valence electrons. The van der Waals surface area contributed by atoms with Gasteiger partial charge in [0.15, 0.2) is 15.7 Å².